The molecule has 0 bridgehead atoms. The Balaban J connectivity index is 1.64. The molecule has 2 aliphatic carbocycles. The van der Waals surface area contributed by atoms with Crippen LogP contribution in [0.25, 0.3) is 0 Å². The van der Waals surface area contributed by atoms with Gasteiger partial charge in [0.05, 0.1) is 12.7 Å². The highest BCUT2D eigenvalue weighted by Crippen LogP contribution is 2.41. The summed E-state index contributed by atoms with van der Waals surface area (Å²) in [4.78, 5) is 28.0. The Hall–Kier alpha value is -2.04. The number of nitrogens with zero attached hydrogens (tertiary/aromatic N) is 1. The first-order chi connectivity index (χ1) is 12.2. The molecule has 0 radical (unpaired) electrons. The molecule has 1 saturated heterocycles. The van der Waals surface area contributed by atoms with Crippen molar-refractivity contribution in [1.82, 2.24) is 10.2 Å². The van der Waals surface area contributed by atoms with Crippen LogP contribution >= 0.6 is 0 Å². The van der Waals surface area contributed by atoms with Crippen LogP contribution in [-0.2, 0) is 4.79 Å². The third kappa shape index (κ3) is 3.12. The van der Waals surface area contributed by atoms with Crippen LogP contribution in [0.1, 0.15) is 55.3 Å². The highest BCUT2D eigenvalue weighted by atomic mass is 16.5. The van der Waals surface area contributed by atoms with E-state index in [1.807, 2.05) is 17.0 Å². The van der Waals surface area contributed by atoms with Crippen molar-refractivity contribution in [2.45, 2.75) is 63.1 Å². The Bertz CT molecular complexity index is 671. The summed E-state index contributed by atoms with van der Waals surface area (Å²) in [6, 6.07) is 7.48. The van der Waals surface area contributed by atoms with Crippen molar-refractivity contribution in [2.24, 2.45) is 5.92 Å². The van der Waals surface area contributed by atoms with Crippen molar-refractivity contribution in [1.29, 1.82) is 0 Å². The van der Waals surface area contributed by atoms with Crippen molar-refractivity contribution in [2.75, 3.05) is 7.11 Å². The molecule has 2 saturated carbocycles. The first-order valence-corrected chi connectivity index (χ1v) is 9.45. The van der Waals surface area contributed by atoms with Gasteiger partial charge in [0.1, 0.15) is 11.8 Å². The van der Waals surface area contributed by atoms with E-state index in [-0.39, 0.29) is 23.9 Å². The molecule has 1 heterocycles. The molecule has 25 heavy (non-hydrogen) atoms. The molecule has 1 N–H and O–H groups in total. The van der Waals surface area contributed by atoms with E-state index in [1.54, 1.807) is 19.2 Å². The topological polar surface area (TPSA) is 58.6 Å². The van der Waals surface area contributed by atoms with Crippen molar-refractivity contribution in [3.63, 3.8) is 0 Å². The van der Waals surface area contributed by atoms with Gasteiger partial charge in [-0.05, 0) is 50.2 Å². The molecule has 0 aromatic heterocycles. The number of hydrogen-bond donors (Lipinski definition) is 1. The summed E-state index contributed by atoms with van der Waals surface area (Å²) in [6.45, 7) is 0. The fourth-order valence-electron chi connectivity index (χ4n) is 4.47. The van der Waals surface area contributed by atoms with E-state index < -0.39 is 0 Å². The van der Waals surface area contributed by atoms with E-state index in [0.29, 0.717) is 23.3 Å². The van der Waals surface area contributed by atoms with Crippen LogP contribution < -0.4 is 10.1 Å². The Kier molecular flexibility index (Phi) is 4.40. The highest BCUT2D eigenvalue weighted by molar-refractivity contribution is 6.00. The highest BCUT2D eigenvalue weighted by Gasteiger charge is 2.48. The largest absolute Gasteiger partial charge is 0.496 e. The standard InChI is InChI=1S/C20H26N2O3/c1-25-18-9-5-3-7-15(18)20(24)22-16-8-4-2-6-13(16)12-17(22)19(23)21-14-10-11-14/h3,5,7,9,13-14,16-17H,2,4,6,8,10-12H2,1H3,(H,21,23). The maximum Gasteiger partial charge on any atom is 0.258 e. The second-order valence-electron chi connectivity index (χ2n) is 7.56. The zero-order chi connectivity index (χ0) is 17.4. The molecule has 134 valence electrons. The summed E-state index contributed by atoms with van der Waals surface area (Å²) in [7, 11) is 1.58. The summed E-state index contributed by atoms with van der Waals surface area (Å²) >= 11 is 0. The van der Waals surface area contributed by atoms with Gasteiger partial charge in [0.2, 0.25) is 5.91 Å². The van der Waals surface area contributed by atoms with Gasteiger partial charge in [0.25, 0.3) is 5.91 Å². The predicted molar refractivity (Wildman–Crippen MR) is 94.5 cm³/mol. The van der Waals surface area contributed by atoms with E-state index in [9.17, 15) is 9.59 Å². The van der Waals surface area contributed by atoms with Gasteiger partial charge in [0.15, 0.2) is 0 Å². The normalized spacial score (nSPS) is 28.4. The third-order valence-electron chi connectivity index (χ3n) is 5.89. The van der Waals surface area contributed by atoms with E-state index in [1.165, 1.54) is 6.42 Å². The molecule has 2 amide bonds. The molecule has 5 heteroatoms. The number of likely N-dealkylation sites (tertiary alicyclic amines) is 1. The van der Waals surface area contributed by atoms with Crippen molar-refractivity contribution in [3.8, 4) is 5.75 Å². The Morgan fingerprint density at radius 3 is 2.64 bits per heavy atom. The second-order valence-corrected chi connectivity index (χ2v) is 7.56. The zero-order valence-corrected chi connectivity index (χ0v) is 14.7. The second kappa shape index (κ2) is 6.70. The van der Waals surface area contributed by atoms with Crippen LogP contribution in [0.4, 0.5) is 0 Å². The van der Waals surface area contributed by atoms with Gasteiger partial charge >= 0.3 is 0 Å². The number of fused-ring (bicyclic) bond motifs is 1. The van der Waals surface area contributed by atoms with Crippen LogP contribution in [-0.4, -0.2) is 41.9 Å². The summed E-state index contributed by atoms with van der Waals surface area (Å²) in [5, 5.41) is 3.11. The lowest BCUT2D eigenvalue weighted by atomic mass is 9.84. The molecule has 5 nitrogen and oxygen atoms in total. The smallest absolute Gasteiger partial charge is 0.258 e. The van der Waals surface area contributed by atoms with Gasteiger partial charge in [-0.2, -0.15) is 0 Å². The number of carbonyl (C=O) groups is 2. The molecule has 3 unspecified atom stereocenters. The van der Waals surface area contributed by atoms with Crippen molar-refractivity contribution in [3.05, 3.63) is 29.8 Å². The zero-order valence-electron chi connectivity index (χ0n) is 14.7. The van der Waals surface area contributed by atoms with Gasteiger partial charge < -0.3 is 15.0 Å². The Morgan fingerprint density at radius 2 is 1.88 bits per heavy atom. The average Bonchev–Trinajstić information content (AvgIpc) is 3.37. The first-order valence-electron chi connectivity index (χ1n) is 9.45. The number of nitrogens with one attached hydrogen (secondary N) is 1. The number of hydrogen-bond acceptors (Lipinski definition) is 3. The third-order valence-corrected chi connectivity index (χ3v) is 5.89. The van der Waals surface area contributed by atoms with E-state index in [0.717, 1.165) is 38.5 Å². The number of benzene rings is 1. The minimum Gasteiger partial charge on any atom is -0.496 e. The lowest BCUT2D eigenvalue weighted by molar-refractivity contribution is -0.125. The summed E-state index contributed by atoms with van der Waals surface area (Å²) < 4.78 is 5.38. The number of para-hydroxylation sites is 1. The van der Waals surface area contributed by atoms with E-state index >= 15 is 0 Å². The maximum absolute atomic E-state index is 13.4. The van der Waals surface area contributed by atoms with E-state index in [2.05, 4.69) is 5.32 Å². The molecule has 1 aromatic carbocycles. The number of methoxy groups -OCH3 is 1. The summed E-state index contributed by atoms with van der Waals surface area (Å²) in [5.74, 6) is 0.985. The molecular formula is C20H26N2O3. The Morgan fingerprint density at radius 1 is 1.12 bits per heavy atom. The van der Waals surface area contributed by atoms with Crippen molar-refractivity contribution < 1.29 is 14.3 Å². The van der Waals surface area contributed by atoms with Gasteiger partial charge in [0, 0.05) is 12.1 Å². The lowest BCUT2D eigenvalue weighted by Gasteiger charge is -2.34. The molecule has 1 aliphatic heterocycles. The molecule has 0 spiro atoms. The van der Waals surface area contributed by atoms with Gasteiger partial charge in [-0.25, -0.2) is 0 Å². The monoisotopic (exact) mass is 342 g/mol. The molecule has 3 atom stereocenters. The SMILES string of the molecule is COc1ccccc1C(=O)N1C(C(=O)NC2CC2)CC2CCCCC21. The van der Waals surface area contributed by atoms with Crippen molar-refractivity contribution >= 4 is 11.8 Å². The number of amides is 2. The van der Waals surface area contributed by atoms with Crippen LogP contribution in [0.5, 0.6) is 5.75 Å². The number of ether oxygens (including phenoxy) is 1. The number of rotatable bonds is 4. The predicted octanol–water partition coefficient (Wildman–Crippen LogP) is 2.75. The van der Waals surface area contributed by atoms with Gasteiger partial charge in [-0.3, -0.25) is 9.59 Å². The fraction of sp³-hybridized carbons (Fsp3) is 0.600. The van der Waals surface area contributed by atoms with E-state index in [4.69, 9.17) is 4.74 Å². The first kappa shape index (κ1) is 16.4. The van der Waals surface area contributed by atoms with Gasteiger partial charge in [-0.1, -0.05) is 25.0 Å². The van der Waals surface area contributed by atoms with Crippen LogP contribution in [0.3, 0.4) is 0 Å². The molecule has 1 aromatic rings. The minimum absolute atomic E-state index is 0.0279. The molecule has 4 rings (SSSR count). The Labute approximate surface area is 148 Å². The lowest BCUT2D eigenvalue weighted by Crippen LogP contribution is -2.50. The van der Waals surface area contributed by atoms with Crippen LogP contribution in [0.15, 0.2) is 24.3 Å². The quantitative estimate of drug-likeness (QED) is 0.915. The summed E-state index contributed by atoms with van der Waals surface area (Å²) in [5.41, 5.74) is 0.556. The molecule has 3 aliphatic rings. The summed E-state index contributed by atoms with van der Waals surface area (Å²) in [6.07, 6.45) is 7.37. The van der Waals surface area contributed by atoms with Crippen LogP contribution in [0.2, 0.25) is 0 Å². The van der Waals surface area contributed by atoms with Crippen LogP contribution in [0, 0.1) is 5.92 Å². The maximum atomic E-state index is 13.4. The molecule has 3 fully saturated rings. The number of carbonyl (C=O) groups excluding carboxylic acids is 2. The minimum atomic E-state index is -0.342. The average molecular weight is 342 g/mol. The molecular weight excluding hydrogens is 316 g/mol. The van der Waals surface area contributed by atoms with Gasteiger partial charge in [-0.15, -0.1) is 0 Å². The fourth-order valence-corrected chi connectivity index (χ4v) is 4.47.